The van der Waals surface area contributed by atoms with Gasteiger partial charge in [0.25, 0.3) is 0 Å². The predicted octanol–water partition coefficient (Wildman–Crippen LogP) is 4.41. The summed E-state index contributed by atoms with van der Waals surface area (Å²) in [6.45, 7) is 0. The number of carbonyl (C=O) groups excluding carboxylic acids is 4. The van der Waals surface area contributed by atoms with Crippen LogP contribution in [0.15, 0.2) is 103 Å². The number of hydrogen-bond donors (Lipinski definition) is 6. The predicted molar refractivity (Wildman–Crippen MR) is 185 cm³/mol. The summed E-state index contributed by atoms with van der Waals surface area (Å²) < 4.78 is 6.51. The first kappa shape index (κ1) is 33.8. The Kier molecular flexibility index (Phi) is 9.95. The normalized spacial score (nSPS) is 11.3. The molecular formula is C34H26ClN9O7. The van der Waals surface area contributed by atoms with Gasteiger partial charge in [0.2, 0.25) is 5.91 Å². The van der Waals surface area contributed by atoms with Gasteiger partial charge in [-0.25, -0.2) is 9.59 Å². The highest BCUT2D eigenvalue weighted by atomic mass is 35.5. The van der Waals surface area contributed by atoms with Crippen LogP contribution >= 0.6 is 11.6 Å². The van der Waals surface area contributed by atoms with E-state index in [2.05, 4.69) is 41.8 Å². The molecule has 0 aliphatic carbocycles. The quantitative estimate of drug-likeness (QED) is 0.110. The third kappa shape index (κ3) is 8.51. The van der Waals surface area contributed by atoms with Gasteiger partial charge in [-0.15, -0.1) is 5.10 Å². The molecular weight excluding hydrogens is 682 g/mol. The first-order chi connectivity index (χ1) is 24.6. The second kappa shape index (κ2) is 15.0. The van der Waals surface area contributed by atoms with Gasteiger partial charge in [0, 0.05) is 33.7 Å². The molecule has 4 amide bonds. The minimum Gasteiger partial charge on any atom is -0.477 e. The highest BCUT2D eigenvalue weighted by Gasteiger charge is 2.26. The number of nitrogens with one attached hydrogen (secondary N) is 5. The topological polar surface area (TPSA) is 222 Å². The van der Waals surface area contributed by atoms with Crippen molar-refractivity contribution in [2.45, 2.75) is 12.5 Å². The average Bonchev–Trinajstić information content (AvgIpc) is 3.80. The molecule has 256 valence electrons. The number of aromatic amines is 1. The van der Waals surface area contributed by atoms with E-state index in [1.54, 1.807) is 84.9 Å². The number of tetrazole rings is 1. The molecule has 0 aliphatic heterocycles. The van der Waals surface area contributed by atoms with Gasteiger partial charge in [0.15, 0.2) is 0 Å². The summed E-state index contributed by atoms with van der Waals surface area (Å²) in [7, 11) is 0. The SMILES string of the molecule is O=C(Nc1ccc(CC(NC(=O)C(=O)Nc2cc(Cl)ccc2-n2cnnn2)C(=O)Nc2ccc3[nH]c(C(=O)O)cc3c2)cc1)Oc1ccccc1. The Labute approximate surface area is 292 Å². The van der Waals surface area contributed by atoms with E-state index in [9.17, 15) is 29.1 Å². The van der Waals surface area contributed by atoms with Crippen LogP contribution in [0.2, 0.25) is 5.02 Å². The van der Waals surface area contributed by atoms with Crippen LogP contribution in [0.5, 0.6) is 5.75 Å². The zero-order valence-corrected chi connectivity index (χ0v) is 26.9. The molecule has 1 unspecified atom stereocenters. The summed E-state index contributed by atoms with van der Waals surface area (Å²) in [5.74, 6) is -3.69. The number of carboxylic acid groups (broad SMARTS) is 1. The van der Waals surface area contributed by atoms with Crippen molar-refractivity contribution in [1.29, 1.82) is 0 Å². The van der Waals surface area contributed by atoms with E-state index < -0.39 is 35.8 Å². The fraction of sp³-hybridized carbons (Fsp3) is 0.0588. The van der Waals surface area contributed by atoms with Crippen molar-refractivity contribution >= 4 is 69.4 Å². The van der Waals surface area contributed by atoms with E-state index in [1.165, 1.54) is 23.1 Å². The number of hydrogen-bond acceptors (Lipinski definition) is 9. The summed E-state index contributed by atoms with van der Waals surface area (Å²) in [5, 5.41) is 31.4. The molecule has 0 bridgehead atoms. The summed E-state index contributed by atoms with van der Waals surface area (Å²) >= 11 is 6.14. The Hall–Kier alpha value is -7.07. The maximum Gasteiger partial charge on any atom is 0.417 e. The van der Waals surface area contributed by atoms with E-state index in [0.29, 0.717) is 39.3 Å². The Morgan fingerprint density at radius 1 is 0.843 bits per heavy atom. The third-order valence-electron chi connectivity index (χ3n) is 7.34. The summed E-state index contributed by atoms with van der Waals surface area (Å²) in [4.78, 5) is 66.5. The third-order valence-corrected chi connectivity index (χ3v) is 7.58. The minimum absolute atomic E-state index is 0.0289. The number of rotatable bonds is 10. The van der Waals surface area contributed by atoms with Crippen molar-refractivity contribution in [2.24, 2.45) is 0 Å². The summed E-state index contributed by atoms with van der Waals surface area (Å²) in [6.07, 6.45) is 0.518. The monoisotopic (exact) mass is 707 g/mol. The first-order valence-corrected chi connectivity index (χ1v) is 15.4. The fourth-order valence-corrected chi connectivity index (χ4v) is 5.12. The van der Waals surface area contributed by atoms with Gasteiger partial charge in [-0.1, -0.05) is 41.9 Å². The van der Waals surface area contributed by atoms with Crippen LogP contribution in [0, 0.1) is 0 Å². The highest BCUT2D eigenvalue weighted by molar-refractivity contribution is 6.40. The second-order valence-corrected chi connectivity index (χ2v) is 11.3. The van der Waals surface area contributed by atoms with Crippen LogP contribution in [-0.4, -0.2) is 66.1 Å². The fourth-order valence-electron chi connectivity index (χ4n) is 4.95. The van der Waals surface area contributed by atoms with Gasteiger partial charge in [-0.05, 0) is 82.7 Å². The number of aromatic carboxylic acids is 1. The van der Waals surface area contributed by atoms with E-state index in [1.807, 2.05) is 0 Å². The Balaban J connectivity index is 1.19. The number of carbonyl (C=O) groups is 5. The van der Waals surface area contributed by atoms with Crippen LogP contribution in [0.3, 0.4) is 0 Å². The lowest BCUT2D eigenvalue weighted by atomic mass is 10.0. The molecule has 51 heavy (non-hydrogen) atoms. The largest absolute Gasteiger partial charge is 0.477 e. The number of anilines is 3. The highest BCUT2D eigenvalue weighted by Crippen LogP contribution is 2.24. The van der Waals surface area contributed by atoms with Gasteiger partial charge in [-0.2, -0.15) is 4.68 Å². The van der Waals surface area contributed by atoms with Crippen LogP contribution in [-0.2, 0) is 20.8 Å². The van der Waals surface area contributed by atoms with Crippen molar-refractivity contribution in [3.05, 3.63) is 120 Å². The molecule has 16 nitrogen and oxygen atoms in total. The number of aromatic nitrogens is 5. The minimum atomic E-state index is -1.28. The number of carboxylic acids is 1. The number of fused-ring (bicyclic) bond motifs is 1. The molecule has 2 heterocycles. The van der Waals surface area contributed by atoms with Crippen LogP contribution in [0.4, 0.5) is 21.9 Å². The van der Waals surface area contributed by atoms with Crippen molar-refractivity contribution in [3.8, 4) is 11.4 Å². The molecule has 1 atom stereocenters. The molecule has 0 aliphatic rings. The lowest BCUT2D eigenvalue weighted by Crippen LogP contribution is -2.49. The van der Waals surface area contributed by atoms with Crippen molar-refractivity contribution in [1.82, 2.24) is 30.5 Å². The molecule has 17 heteroatoms. The molecule has 6 N–H and O–H groups in total. The number of H-pyrrole nitrogens is 1. The van der Waals surface area contributed by atoms with E-state index >= 15 is 0 Å². The van der Waals surface area contributed by atoms with Crippen LogP contribution in [0.25, 0.3) is 16.6 Å². The van der Waals surface area contributed by atoms with Crippen LogP contribution < -0.4 is 26.0 Å². The maximum atomic E-state index is 13.6. The van der Waals surface area contributed by atoms with Gasteiger partial charge in [0.05, 0.1) is 11.4 Å². The van der Waals surface area contributed by atoms with Gasteiger partial charge in [-0.3, -0.25) is 19.7 Å². The molecule has 0 spiro atoms. The summed E-state index contributed by atoms with van der Waals surface area (Å²) in [6, 6.07) is 24.3. The van der Waals surface area contributed by atoms with Crippen molar-refractivity contribution in [2.75, 3.05) is 16.0 Å². The van der Waals surface area contributed by atoms with Gasteiger partial charge in [0.1, 0.15) is 23.8 Å². The molecule has 0 saturated heterocycles. The number of para-hydroxylation sites is 1. The number of halogens is 1. The van der Waals surface area contributed by atoms with Crippen LogP contribution in [0.1, 0.15) is 16.1 Å². The first-order valence-electron chi connectivity index (χ1n) is 15.1. The lowest BCUT2D eigenvalue weighted by Gasteiger charge is -2.19. The van der Waals surface area contributed by atoms with Gasteiger partial charge < -0.3 is 30.8 Å². The zero-order valence-electron chi connectivity index (χ0n) is 26.2. The van der Waals surface area contributed by atoms with E-state index in [4.69, 9.17) is 16.3 Å². The van der Waals surface area contributed by atoms with Gasteiger partial charge >= 0.3 is 23.9 Å². The average molecular weight is 708 g/mol. The molecule has 6 rings (SSSR count). The Bertz CT molecular complexity index is 2240. The Morgan fingerprint density at radius 2 is 1.61 bits per heavy atom. The van der Waals surface area contributed by atoms with Crippen molar-refractivity contribution in [3.63, 3.8) is 0 Å². The van der Waals surface area contributed by atoms with E-state index in [-0.39, 0.29) is 22.8 Å². The molecule has 4 aromatic carbocycles. The van der Waals surface area contributed by atoms with E-state index in [0.717, 1.165) is 0 Å². The molecule has 2 aromatic heterocycles. The number of nitrogens with zero attached hydrogens (tertiary/aromatic N) is 4. The van der Waals surface area contributed by atoms with Crippen molar-refractivity contribution < 1.29 is 33.8 Å². The number of benzene rings is 4. The smallest absolute Gasteiger partial charge is 0.417 e. The standard InChI is InChI=1S/C34H26ClN9O7/c35-21-8-13-29(44-18-36-42-43-44)26(17-21)40-31(46)32(47)41-27(30(45)37-23-11-12-25-20(15-23)16-28(39-25)33(48)49)14-19-6-9-22(10-7-19)38-34(50)51-24-4-2-1-3-5-24/h1-13,15-18,27,39H,14H2,(H,37,45)(H,38,50)(H,40,46)(H,41,47)(H,48,49). The zero-order chi connectivity index (χ0) is 35.9. The molecule has 0 fully saturated rings. The molecule has 0 radical (unpaired) electrons. The number of ether oxygens (including phenoxy) is 1. The maximum absolute atomic E-state index is 13.6. The second-order valence-electron chi connectivity index (χ2n) is 10.9. The lowest BCUT2D eigenvalue weighted by molar-refractivity contribution is -0.137. The summed E-state index contributed by atoms with van der Waals surface area (Å²) in [5.41, 5.74) is 2.26. The number of amides is 4. The Morgan fingerprint density at radius 3 is 2.33 bits per heavy atom. The molecule has 6 aromatic rings. The molecule has 0 saturated carbocycles.